The molecule has 5 nitrogen and oxygen atoms in total. The minimum atomic E-state index is -0.464. The van der Waals surface area contributed by atoms with Crippen molar-refractivity contribution in [3.63, 3.8) is 0 Å². The van der Waals surface area contributed by atoms with Crippen molar-refractivity contribution in [2.75, 3.05) is 13.1 Å². The summed E-state index contributed by atoms with van der Waals surface area (Å²) < 4.78 is 0. The quantitative estimate of drug-likeness (QED) is 0.666. The van der Waals surface area contributed by atoms with Gasteiger partial charge in [-0.25, -0.2) is 0 Å². The van der Waals surface area contributed by atoms with Crippen molar-refractivity contribution in [2.24, 2.45) is 5.92 Å². The predicted octanol–water partition coefficient (Wildman–Crippen LogP) is 0.405. The van der Waals surface area contributed by atoms with Crippen LogP contribution in [0.3, 0.4) is 0 Å². The van der Waals surface area contributed by atoms with Gasteiger partial charge in [-0.1, -0.05) is 6.92 Å². The highest BCUT2D eigenvalue weighted by Gasteiger charge is 2.24. The second kappa shape index (κ2) is 7.36. The lowest BCUT2D eigenvalue weighted by Crippen LogP contribution is -2.50. The molecule has 104 valence electrons. The Hall–Kier alpha value is -1.10. The molecule has 1 aliphatic rings. The number of hydrogen-bond acceptors (Lipinski definition) is 3. The SMILES string of the molecule is CCC(C)NC(=O)C(C)NC(=O)C1CCCNC1. The molecular weight excluding hydrogens is 230 g/mol. The van der Waals surface area contributed by atoms with Crippen LogP contribution < -0.4 is 16.0 Å². The van der Waals surface area contributed by atoms with E-state index in [4.69, 9.17) is 0 Å². The smallest absolute Gasteiger partial charge is 0.242 e. The number of hydrogen-bond donors (Lipinski definition) is 3. The van der Waals surface area contributed by atoms with Crippen LogP contribution in [0.25, 0.3) is 0 Å². The van der Waals surface area contributed by atoms with E-state index in [9.17, 15) is 9.59 Å². The first kappa shape index (κ1) is 15.0. The third kappa shape index (κ3) is 4.64. The van der Waals surface area contributed by atoms with Crippen LogP contribution in [0.1, 0.15) is 40.0 Å². The normalized spacial score (nSPS) is 22.9. The van der Waals surface area contributed by atoms with Gasteiger partial charge < -0.3 is 16.0 Å². The Bertz CT molecular complexity index is 288. The summed E-state index contributed by atoms with van der Waals surface area (Å²) in [6.07, 6.45) is 2.81. The van der Waals surface area contributed by atoms with Crippen LogP contribution in [0.15, 0.2) is 0 Å². The molecule has 3 atom stereocenters. The van der Waals surface area contributed by atoms with Crippen molar-refractivity contribution in [2.45, 2.75) is 52.1 Å². The maximum atomic E-state index is 11.9. The summed E-state index contributed by atoms with van der Waals surface area (Å²) in [4.78, 5) is 23.7. The minimum Gasteiger partial charge on any atom is -0.352 e. The summed E-state index contributed by atoms with van der Waals surface area (Å²) >= 11 is 0. The van der Waals surface area contributed by atoms with Crippen molar-refractivity contribution < 1.29 is 9.59 Å². The summed E-state index contributed by atoms with van der Waals surface area (Å²) in [6, 6.07) is -0.318. The average Bonchev–Trinajstić information content (AvgIpc) is 2.39. The number of carbonyl (C=O) groups is 2. The van der Waals surface area contributed by atoms with E-state index in [1.807, 2.05) is 13.8 Å². The summed E-state index contributed by atoms with van der Waals surface area (Å²) in [7, 11) is 0. The Labute approximate surface area is 109 Å². The molecule has 0 bridgehead atoms. The fraction of sp³-hybridized carbons (Fsp3) is 0.846. The summed E-state index contributed by atoms with van der Waals surface area (Å²) in [5.74, 6) is -0.131. The predicted molar refractivity (Wildman–Crippen MR) is 71.1 cm³/mol. The van der Waals surface area contributed by atoms with Gasteiger partial charge in [0.1, 0.15) is 6.04 Å². The molecule has 2 amide bonds. The van der Waals surface area contributed by atoms with Crippen molar-refractivity contribution >= 4 is 11.8 Å². The maximum Gasteiger partial charge on any atom is 0.242 e. The molecule has 18 heavy (non-hydrogen) atoms. The molecule has 1 aliphatic heterocycles. The summed E-state index contributed by atoms with van der Waals surface area (Å²) in [5, 5.41) is 8.85. The molecule has 0 radical (unpaired) electrons. The fourth-order valence-corrected chi connectivity index (χ4v) is 1.94. The summed E-state index contributed by atoms with van der Waals surface area (Å²) in [5.41, 5.74) is 0. The third-order valence-electron chi connectivity index (χ3n) is 3.42. The molecule has 0 aromatic heterocycles. The van der Waals surface area contributed by atoms with Gasteiger partial charge in [-0.2, -0.15) is 0 Å². The van der Waals surface area contributed by atoms with E-state index in [-0.39, 0.29) is 23.8 Å². The van der Waals surface area contributed by atoms with Gasteiger partial charge in [-0.05, 0) is 39.7 Å². The van der Waals surface area contributed by atoms with E-state index < -0.39 is 6.04 Å². The van der Waals surface area contributed by atoms with E-state index in [1.54, 1.807) is 6.92 Å². The fourth-order valence-electron chi connectivity index (χ4n) is 1.94. The highest BCUT2D eigenvalue weighted by molar-refractivity contribution is 5.88. The molecule has 0 aliphatic carbocycles. The van der Waals surface area contributed by atoms with Gasteiger partial charge >= 0.3 is 0 Å². The standard InChI is InChI=1S/C13H25N3O2/c1-4-9(2)15-12(17)10(3)16-13(18)11-6-5-7-14-8-11/h9-11,14H,4-8H2,1-3H3,(H,15,17)(H,16,18). The number of carbonyl (C=O) groups excluding carboxylic acids is 2. The molecule has 1 fully saturated rings. The molecule has 3 N–H and O–H groups in total. The lowest BCUT2D eigenvalue weighted by molar-refractivity contribution is -0.131. The number of rotatable bonds is 5. The molecular formula is C13H25N3O2. The second-order valence-electron chi connectivity index (χ2n) is 5.09. The topological polar surface area (TPSA) is 70.2 Å². The van der Waals surface area contributed by atoms with Gasteiger partial charge in [-0.15, -0.1) is 0 Å². The molecule has 1 rings (SSSR count). The second-order valence-corrected chi connectivity index (χ2v) is 5.09. The zero-order valence-electron chi connectivity index (χ0n) is 11.6. The Kier molecular flexibility index (Phi) is 6.12. The monoisotopic (exact) mass is 255 g/mol. The van der Waals surface area contributed by atoms with Gasteiger partial charge in [0, 0.05) is 12.6 Å². The maximum absolute atomic E-state index is 11.9. The Morgan fingerprint density at radius 1 is 1.33 bits per heavy atom. The van der Waals surface area contributed by atoms with Gasteiger partial charge in [0.25, 0.3) is 0 Å². The van der Waals surface area contributed by atoms with Crippen LogP contribution in [0.5, 0.6) is 0 Å². The van der Waals surface area contributed by atoms with Gasteiger partial charge in [-0.3, -0.25) is 9.59 Å². The minimum absolute atomic E-state index is 0.00222. The van der Waals surface area contributed by atoms with Crippen molar-refractivity contribution in [1.29, 1.82) is 0 Å². The first-order valence-corrected chi connectivity index (χ1v) is 6.86. The zero-order chi connectivity index (χ0) is 13.5. The van der Waals surface area contributed by atoms with Crippen LogP contribution in [-0.4, -0.2) is 37.0 Å². The first-order chi connectivity index (χ1) is 8.54. The number of piperidine rings is 1. The van der Waals surface area contributed by atoms with E-state index in [0.717, 1.165) is 25.8 Å². The molecule has 1 saturated heterocycles. The molecule has 5 heteroatoms. The number of nitrogens with one attached hydrogen (secondary N) is 3. The molecule has 1 heterocycles. The Morgan fingerprint density at radius 2 is 2.06 bits per heavy atom. The Morgan fingerprint density at radius 3 is 2.61 bits per heavy atom. The third-order valence-corrected chi connectivity index (χ3v) is 3.42. The van der Waals surface area contributed by atoms with Crippen LogP contribution in [0.2, 0.25) is 0 Å². The van der Waals surface area contributed by atoms with Crippen molar-refractivity contribution in [1.82, 2.24) is 16.0 Å². The molecule has 0 aromatic carbocycles. The van der Waals surface area contributed by atoms with E-state index >= 15 is 0 Å². The molecule has 0 aromatic rings. The molecule has 3 unspecified atom stereocenters. The summed E-state index contributed by atoms with van der Waals surface area (Å²) in [6.45, 7) is 7.39. The zero-order valence-corrected chi connectivity index (χ0v) is 11.6. The Balaban J connectivity index is 2.35. The van der Waals surface area contributed by atoms with Crippen LogP contribution in [-0.2, 0) is 9.59 Å². The highest BCUT2D eigenvalue weighted by atomic mass is 16.2. The van der Waals surface area contributed by atoms with Crippen LogP contribution in [0, 0.1) is 5.92 Å². The van der Waals surface area contributed by atoms with Gasteiger partial charge in [0.15, 0.2) is 0 Å². The van der Waals surface area contributed by atoms with Crippen LogP contribution in [0.4, 0.5) is 0 Å². The number of amides is 2. The van der Waals surface area contributed by atoms with Crippen molar-refractivity contribution in [3.05, 3.63) is 0 Å². The van der Waals surface area contributed by atoms with E-state index in [0.29, 0.717) is 6.54 Å². The average molecular weight is 255 g/mol. The highest BCUT2D eigenvalue weighted by Crippen LogP contribution is 2.09. The van der Waals surface area contributed by atoms with Gasteiger partial charge in [0.2, 0.25) is 11.8 Å². The van der Waals surface area contributed by atoms with E-state index in [1.165, 1.54) is 0 Å². The molecule has 0 spiro atoms. The van der Waals surface area contributed by atoms with Gasteiger partial charge in [0.05, 0.1) is 5.92 Å². The first-order valence-electron chi connectivity index (χ1n) is 6.86. The van der Waals surface area contributed by atoms with Crippen molar-refractivity contribution in [3.8, 4) is 0 Å². The van der Waals surface area contributed by atoms with E-state index in [2.05, 4.69) is 16.0 Å². The lowest BCUT2D eigenvalue weighted by Gasteiger charge is -2.24. The lowest BCUT2D eigenvalue weighted by atomic mass is 9.98. The largest absolute Gasteiger partial charge is 0.352 e. The van der Waals surface area contributed by atoms with Crippen LogP contribution >= 0.6 is 0 Å². The molecule has 0 saturated carbocycles.